The van der Waals surface area contributed by atoms with Gasteiger partial charge in [-0.25, -0.2) is 0 Å². The molecule has 0 spiro atoms. The van der Waals surface area contributed by atoms with Crippen LogP contribution < -0.4 is 15.4 Å². The normalized spacial score (nSPS) is 12.5. The van der Waals surface area contributed by atoms with Crippen molar-refractivity contribution in [1.82, 2.24) is 20.4 Å². The molecule has 168 valence electrons. The predicted molar refractivity (Wildman–Crippen MR) is 133 cm³/mol. The molecule has 1 heterocycles. The SMILES string of the molecule is CCNC(=NCC(O)c1cccc(OC(C)C)c1)NCCc1c(C)nn(C)c1C.I. The number of aliphatic hydroxyl groups is 1. The number of benzene rings is 1. The molecule has 0 fully saturated rings. The summed E-state index contributed by atoms with van der Waals surface area (Å²) in [5, 5.41) is 21.6. The first-order valence-electron chi connectivity index (χ1n) is 10.3. The van der Waals surface area contributed by atoms with Gasteiger partial charge < -0.3 is 20.5 Å². The number of hydrogen-bond donors (Lipinski definition) is 3. The van der Waals surface area contributed by atoms with Crippen LogP contribution in [0.25, 0.3) is 0 Å². The summed E-state index contributed by atoms with van der Waals surface area (Å²) in [7, 11) is 1.97. The number of aryl methyl sites for hydroxylation is 2. The van der Waals surface area contributed by atoms with Crippen LogP contribution in [0.5, 0.6) is 5.75 Å². The molecule has 3 N–H and O–H groups in total. The van der Waals surface area contributed by atoms with Crippen molar-refractivity contribution in [2.24, 2.45) is 12.0 Å². The number of aromatic nitrogens is 2. The van der Waals surface area contributed by atoms with Gasteiger partial charge >= 0.3 is 0 Å². The monoisotopic (exact) mass is 529 g/mol. The van der Waals surface area contributed by atoms with E-state index in [-0.39, 0.29) is 36.6 Å². The number of rotatable bonds is 9. The van der Waals surface area contributed by atoms with Crippen molar-refractivity contribution >= 4 is 29.9 Å². The molecule has 0 saturated carbocycles. The topological polar surface area (TPSA) is 83.7 Å². The zero-order valence-corrected chi connectivity index (χ0v) is 21.2. The minimum atomic E-state index is -0.691. The number of nitrogens with one attached hydrogen (secondary N) is 2. The molecular formula is C22H36IN5O2. The van der Waals surface area contributed by atoms with Crippen molar-refractivity contribution in [3.8, 4) is 5.75 Å². The van der Waals surface area contributed by atoms with E-state index in [1.54, 1.807) is 0 Å². The van der Waals surface area contributed by atoms with E-state index in [9.17, 15) is 5.11 Å². The third-order valence-corrected chi connectivity index (χ3v) is 4.71. The van der Waals surface area contributed by atoms with Crippen LogP contribution >= 0.6 is 24.0 Å². The standard InChI is InChI=1S/C22H35N5O2.HI/c1-7-23-22(24-12-11-20-16(4)26-27(6)17(20)5)25-14-21(28)18-9-8-10-19(13-18)29-15(2)3;/h8-10,13,15,21,28H,7,11-12,14H2,1-6H3,(H2,23,24,25);1H. The summed E-state index contributed by atoms with van der Waals surface area (Å²) >= 11 is 0. The van der Waals surface area contributed by atoms with Crippen LogP contribution in [-0.2, 0) is 13.5 Å². The summed E-state index contributed by atoms with van der Waals surface area (Å²) in [6.45, 7) is 11.9. The summed E-state index contributed by atoms with van der Waals surface area (Å²) in [4.78, 5) is 4.54. The van der Waals surface area contributed by atoms with Gasteiger partial charge in [0.15, 0.2) is 5.96 Å². The molecule has 2 aromatic rings. The van der Waals surface area contributed by atoms with E-state index < -0.39 is 6.10 Å². The molecule has 2 rings (SSSR count). The minimum Gasteiger partial charge on any atom is -0.491 e. The van der Waals surface area contributed by atoms with Crippen LogP contribution in [0, 0.1) is 13.8 Å². The van der Waals surface area contributed by atoms with Crippen LogP contribution in [-0.4, -0.2) is 46.6 Å². The van der Waals surface area contributed by atoms with Crippen molar-refractivity contribution in [3.63, 3.8) is 0 Å². The Bertz CT molecular complexity index is 820. The van der Waals surface area contributed by atoms with Gasteiger partial charge in [0.1, 0.15) is 5.75 Å². The molecule has 0 saturated heterocycles. The van der Waals surface area contributed by atoms with E-state index in [2.05, 4.69) is 27.6 Å². The summed E-state index contributed by atoms with van der Waals surface area (Å²) in [5.74, 6) is 1.45. The van der Waals surface area contributed by atoms with Crippen LogP contribution in [0.2, 0.25) is 0 Å². The first-order valence-corrected chi connectivity index (χ1v) is 10.3. The molecule has 0 aliphatic carbocycles. The highest BCUT2D eigenvalue weighted by atomic mass is 127. The molecule has 8 heteroatoms. The Hall–Kier alpha value is -1.81. The summed E-state index contributed by atoms with van der Waals surface area (Å²) in [6.07, 6.45) is 0.272. The fourth-order valence-corrected chi connectivity index (χ4v) is 3.18. The van der Waals surface area contributed by atoms with Crippen LogP contribution in [0.3, 0.4) is 0 Å². The quantitative estimate of drug-likeness (QED) is 0.264. The predicted octanol–water partition coefficient (Wildman–Crippen LogP) is 3.27. The lowest BCUT2D eigenvalue weighted by atomic mass is 10.1. The summed E-state index contributed by atoms with van der Waals surface area (Å²) in [6, 6.07) is 7.55. The first kappa shape index (κ1) is 26.2. The maximum atomic E-state index is 10.5. The van der Waals surface area contributed by atoms with Crippen LogP contribution in [0.1, 0.15) is 49.4 Å². The van der Waals surface area contributed by atoms with E-state index in [0.29, 0.717) is 5.96 Å². The van der Waals surface area contributed by atoms with Gasteiger partial charge in [-0.2, -0.15) is 5.10 Å². The molecule has 0 aliphatic rings. The molecule has 0 aliphatic heterocycles. The second-order valence-electron chi connectivity index (χ2n) is 7.42. The van der Waals surface area contributed by atoms with Gasteiger partial charge in [-0.05, 0) is 64.3 Å². The number of aliphatic hydroxyl groups excluding tert-OH is 1. The first-order chi connectivity index (χ1) is 13.8. The maximum absolute atomic E-state index is 10.5. The number of hydrogen-bond acceptors (Lipinski definition) is 4. The van der Waals surface area contributed by atoms with Crippen molar-refractivity contribution in [2.75, 3.05) is 19.6 Å². The molecule has 0 bridgehead atoms. The minimum absolute atomic E-state index is 0. The number of halogens is 1. The molecule has 1 unspecified atom stereocenters. The Kier molecular flexibility index (Phi) is 11.2. The third-order valence-electron chi connectivity index (χ3n) is 4.71. The Morgan fingerprint density at radius 3 is 2.60 bits per heavy atom. The lowest BCUT2D eigenvalue weighted by Crippen LogP contribution is -2.38. The third kappa shape index (κ3) is 7.79. The molecule has 1 aromatic carbocycles. The molecule has 0 amide bonds. The fourth-order valence-electron chi connectivity index (χ4n) is 3.18. The van der Waals surface area contributed by atoms with Gasteiger partial charge in [0, 0.05) is 25.8 Å². The average molecular weight is 529 g/mol. The zero-order chi connectivity index (χ0) is 21.4. The van der Waals surface area contributed by atoms with Gasteiger partial charge in [-0.3, -0.25) is 9.67 Å². The molecule has 0 radical (unpaired) electrons. The zero-order valence-electron chi connectivity index (χ0n) is 18.9. The largest absolute Gasteiger partial charge is 0.491 e. The highest BCUT2D eigenvalue weighted by Gasteiger charge is 2.11. The van der Waals surface area contributed by atoms with Crippen molar-refractivity contribution in [3.05, 3.63) is 46.8 Å². The maximum Gasteiger partial charge on any atom is 0.191 e. The Balaban J connectivity index is 0.00000450. The Morgan fingerprint density at radius 1 is 1.27 bits per heavy atom. The van der Waals surface area contributed by atoms with Crippen LogP contribution in [0.15, 0.2) is 29.3 Å². The number of guanidine groups is 1. The van der Waals surface area contributed by atoms with Crippen LogP contribution in [0.4, 0.5) is 0 Å². The number of aliphatic imine (C=N–C) groups is 1. The van der Waals surface area contributed by atoms with Gasteiger partial charge in [0.05, 0.1) is 24.4 Å². The van der Waals surface area contributed by atoms with Gasteiger partial charge in [-0.15, -0.1) is 24.0 Å². The fraction of sp³-hybridized carbons (Fsp3) is 0.545. The smallest absolute Gasteiger partial charge is 0.191 e. The molecule has 1 atom stereocenters. The van der Waals surface area contributed by atoms with E-state index in [4.69, 9.17) is 4.74 Å². The lowest BCUT2D eigenvalue weighted by molar-refractivity contribution is 0.185. The second kappa shape index (κ2) is 12.8. The number of nitrogens with zero attached hydrogens (tertiary/aromatic N) is 3. The summed E-state index contributed by atoms with van der Waals surface area (Å²) in [5.41, 5.74) is 4.31. The van der Waals surface area contributed by atoms with E-state index in [1.807, 2.05) is 63.7 Å². The molecule has 1 aromatic heterocycles. The van der Waals surface area contributed by atoms with Gasteiger partial charge in [-0.1, -0.05) is 12.1 Å². The Morgan fingerprint density at radius 2 is 2.00 bits per heavy atom. The van der Waals surface area contributed by atoms with E-state index >= 15 is 0 Å². The van der Waals surface area contributed by atoms with E-state index in [0.717, 1.165) is 36.5 Å². The van der Waals surface area contributed by atoms with E-state index in [1.165, 1.54) is 11.3 Å². The van der Waals surface area contributed by atoms with Gasteiger partial charge in [0.25, 0.3) is 0 Å². The highest BCUT2D eigenvalue weighted by molar-refractivity contribution is 14.0. The lowest BCUT2D eigenvalue weighted by Gasteiger charge is -2.15. The van der Waals surface area contributed by atoms with Crippen molar-refractivity contribution in [1.29, 1.82) is 0 Å². The van der Waals surface area contributed by atoms with Crippen molar-refractivity contribution < 1.29 is 9.84 Å². The molecule has 7 nitrogen and oxygen atoms in total. The summed E-state index contributed by atoms with van der Waals surface area (Å²) < 4.78 is 7.62. The Labute approximate surface area is 197 Å². The van der Waals surface area contributed by atoms with Crippen molar-refractivity contribution in [2.45, 2.75) is 53.2 Å². The highest BCUT2D eigenvalue weighted by Crippen LogP contribution is 2.20. The molecule has 30 heavy (non-hydrogen) atoms. The second-order valence-corrected chi connectivity index (χ2v) is 7.42. The average Bonchev–Trinajstić information content (AvgIpc) is 2.91. The number of ether oxygens (including phenoxy) is 1. The van der Waals surface area contributed by atoms with Gasteiger partial charge in [0.2, 0.25) is 0 Å². The molecular weight excluding hydrogens is 493 g/mol.